The van der Waals surface area contributed by atoms with E-state index in [9.17, 15) is 0 Å². The van der Waals surface area contributed by atoms with Crippen LogP contribution in [0.3, 0.4) is 0 Å². The summed E-state index contributed by atoms with van der Waals surface area (Å²) in [5.74, 6) is 1.39. The molecule has 1 saturated heterocycles. The van der Waals surface area contributed by atoms with Gasteiger partial charge in [-0.1, -0.05) is 36.4 Å². The van der Waals surface area contributed by atoms with E-state index in [1.807, 2.05) is 48.5 Å². The van der Waals surface area contributed by atoms with Crippen LogP contribution in [0.1, 0.15) is 5.56 Å². The number of hydrogen-bond acceptors (Lipinski definition) is 7. The van der Waals surface area contributed by atoms with Crippen molar-refractivity contribution in [3.8, 4) is 28.5 Å². The van der Waals surface area contributed by atoms with Crippen molar-refractivity contribution in [3.05, 3.63) is 84.7 Å². The van der Waals surface area contributed by atoms with Gasteiger partial charge in [-0.3, -0.25) is 10.1 Å². The van der Waals surface area contributed by atoms with Crippen LogP contribution in [0.4, 0.5) is 5.69 Å². The van der Waals surface area contributed by atoms with Crippen LogP contribution in [0, 0.1) is 0 Å². The third-order valence-corrected chi connectivity index (χ3v) is 7.22. The minimum absolute atomic E-state index is 0.479. The van der Waals surface area contributed by atoms with Gasteiger partial charge in [-0.15, -0.1) is 0 Å². The Kier molecular flexibility index (Phi) is 5.90. The first-order valence-electron chi connectivity index (χ1n) is 13.1. The van der Waals surface area contributed by atoms with Gasteiger partial charge in [-0.05, 0) is 42.9 Å². The molecule has 0 spiro atoms. The molecule has 2 aromatic carbocycles. The number of fused-ring (bicyclic) bond motifs is 2. The number of aromatic nitrogens is 6. The summed E-state index contributed by atoms with van der Waals surface area (Å²) in [7, 11) is 2.17. The fourth-order valence-electron chi connectivity index (χ4n) is 5.04. The minimum atomic E-state index is 0.479. The standard InChI is InChI=1S/C30H28N8O/c1-37-12-14-38(15-13-37)26-9-5-8-24-27(26)34-30(33-24)29-28-25(35-36-29)11-10-23(32-28)21-16-22(18-31-17-21)39-19-20-6-3-2-4-7-20/h2-11,16-18H,12-15,19H2,1H3,(H,33,34)(H,35,36). The van der Waals surface area contributed by atoms with E-state index in [-0.39, 0.29) is 0 Å². The number of likely N-dealkylation sites (N-methyl/N-ethyl adjacent to an activating group) is 1. The number of H-pyrrole nitrogens is 2. The summed E-state index contributed by atoms with van der Waals surface area (Å²) < 4.78 is 5.99. The zero-order valence-corrected chi connectivity index (χ0v) is 21.6. The summed E-state index contributed by atoms with van der Waals surface area (Å²) in [5.41, 5.74) is 8.15. The van der Waals surface area contributed by atoms with E-state index in [0.717, 1.165) is 70.8 Å². The van der Waals surface area contributed by atoms with Gasteiger partial charge >= 0.3 is 0 Å². The van der Waals surface area contributed by atoms with E-state index in [2.05, 4.69) is 55.2 Å². The van der Waals surface area contributed by atoms with Crippen molar-refractivity contribution in [2.24, 2.45) is 0 Å². The topological polar surface area (TPSA) is 98.8 Å². The van der Waals surface area contributed by atoms with Crippen molar-refractivity contribution in [1.82, 2.24) is 35.0 Å². The molecule has 0 saturated carbocycles. The van der Waals surface area contributed by atoms with Gasteiger partial charge in [0.05, 0.1) is 28.6 Å². The quantitative estimate of drug-likeness (QED) is 0.325. The smallest absolute Gasteiger partial charge is 0.161 e. The Bertz CT molecular complexity index is 1750. The van der Waals surface area contributed by atoms with Crippen LogP contribution in [-0.2, 0) is 6.61 Å². The summed E-state index contributed by atoms with van der Waals surface area (Å²) >= 11 is 0. The van der Waals surface area contributed by atoms with E-state index in [4.69, 9.17) is 14.7 Å². The fraction of sp³-hybridized carbons (Fsp3) is 0.200. The van der Waals surface area contributed by atoms with Crippen LogP contribution in [0.5, 0.6) is 5.75 Å². The first kappa shape index (κ1) is 23.4. The number of ether oxygens (including phenoxy) is 1. The Morgan fingerprint density at radius 1 is 0.846 bits per heavy atom. The first-order valence-corrected chi connectivity index (χ1v) is 13.1. The summed E-state index contributed by atoms with van der Waals surface area (Å²) in [6.07, 6.45) is 3.52. The predicted octanol–water partition coefficient (Wildman–Crippen LogP) is 4.89. The van der Waals surface area contributed by atoms with Crippen LogP contribution in [-0.4, -0.2) is 68.3 Å². The number of benzene rings is 2. The SMILES string of the molecule is CN1CCN(c2cccc3[nH]c(-c4n[nH]c5ccc(-c6cncc(OCc7ccccc7)c6)nc45)nc23)CC1. The Balaban J connectivity index is 1.20. The molecule has 0 bridgehead atoms. The second kappa shape index (κ2) is 9.85. The van der Waals surface area contributed by atoms with Crippen LogP contribution in [0.15, 0.2) is 79.1 Å². The van der Waals surface area contributed by atoms with Crippen molar-refractivity contribution >= 4 is 27.8 Å². The zero-order chi connectivity index (χ0) is 26.2. The largest absolute Gasteiger partial charge is 0.487 e. The Morgan fingerprint density at radius 2 is 1.72 bits per heavy atom. The minimum Gasteiger partial charge on any atom is -0.487 e. The molecule has 39 heavy (non-hydrogen) atoms. The molecule has 1 aliphatic heterocycles. The van der Waals surface area contributed by atoms with E-state index in [1.165, 1.54) is 0 Å². The molecule has 4 aromatic heterocycles. The van der Waals surface area contributed by atoms with Gasteiger partial charge in [-0.25, -0.2) is 9.97 Å². The van der Waals surface area contributed by atoms with Crippen molar-refractivity contribution in [2.45, 2.75) is 6.61 Å². The van der Waals surface area contributed by atoms with Crippen LogP contribution in [0.2, 0.25) is 0 Å². The lowest BCUT2D eigenvalue weighted by molar-refractivity contribution is 0.305. The van der Waals surface area contributed by atoms with Gasteiger partial charge < -0.3 is 19.5 Å². The van der Waals surface area contributed by atoms with Gasteiger partial charge in [-0.2, -0.15) is 5.10 Å². The highest BCUT2D eigenvalue weighted by Gasteiger charge is 2.20. The highest BCUT2D eigenvalue weighted by atomic mass is 16.5. The number of rotatable bonds is 6. The summed E-state index contributed by atoms with van der Waals surface area (Å²) in [6, 6.07) is 22.3. The molecular formula is C30H28N8O. The van der Waals surface area contributed by atoms with Crippen LogP contribution in [0.25, 0.3) is 44.8 Å². The maximum absolute atomic E-state index is 5.99. The van der Waals surface area contributed by atoms with E-state index >= 15 is 0 Å². The van der Waals surface area contributed by atoms with Gasteiger partial charge in [0.15, 0.2) is 11.5 Å². The molecule has 9 nitrogen and oxygen atoms in total. The van der Waals surface area contributed by atoms with Gasteiger partial charge in [0.25, 0.3) is 0 Å². The lowest BCUT2D eigenvalue weighted by Crippen LogP contribution is -2.44. The highest BCUT2D eigenvalue weighted by molar-refractivity contribution is 5.95. The maximum Gasteiger partial charge on any atom is 0.161 e. The van der Waals surface area contributed by atoms with E-state index in [1.54, 1.807) is 12.4 Å². The third-order valence-electron chi connectivity index (χ3n) is 7.22. The Labute approximate surface area is 225 Å². The van der Waals surface area contributed by atoms with Crippen molar-refractivity contribution < 1.29 is 4.74 Å². The summed E-state index contributed by atoms with van der Waals surface area (Å²) in [6.45, 7) is 4.52. The first-order chi connectivity index (χ1) is 19.2. The molecule has 0 amide bonds. The maximum atomic E-state index is 5.99. The molecule has 0 atom stereocenters. The number of para-hydroxylation sites is 1. The molecule has 0 aliphatic carbocycles. The number of anilines is 1. The summed E-state index contributed by atoms with van der Waals surface area (Å²) in [4.78, 5) is 22.6. The monoisotopic (exact) mass is 516 g/mol. The number of aromatic amines is 2. The molecule has 6 aromatic rings. The number of nitrogens with one attached hydrogen (secondary N) is 2. The number of pyridine rings is 2. The second-order valence-electron chi connectivity index (χ2n) is 9.90. The van der Waals surface area contributed by atoms with Gasteiger partial charge in [0, 0.05) is 37.9 Å². The number of imidazole rings is 1. The van der Waals surface area contributed by atoms with Gasteiger partial charge in [0.2, 0.25) is 0 Å². The lowest BCUT2D eigenvalue weighted by atomic mass is 10.1. The van der Waals surface area contributed by atoms with Crippen molar-refractivity contribution in [3.63, 3.8) is 0 Å². The Hall–Kier alpha value is -4.76. The van der Waals surface area contributed by atoms with Crippen molar-refractivity contribution in [2.75, 3.05) is 38.1 Å². The summed E-state index contributed by atoms with van der Waals surface area (Å²) in [5, 5.41) is 7.70. The average Bonchev–Trinajstić information content (AvgIpc) is 3.61. The van der Waals surface area contributed by atoms with Crippen molar-refractivity contribution in [1.29, 1.82) is 0 Å². The van der Waals surface area contributed by atoms with E-state index in [0.29, 0.717) is 23.9 Å². The van der Waals surface area contributed by atoms with Crippen LogP contribution < -0.4 is 9.64 Å². The molecule has 9 heteroatoms. The molecule has 194 valence electrons. The molecule has 7 rings (SSSR count). The van der Waals surface area contributed by atoms with E-state index < -0.39 is 0 Å². The molecular weight excluding hydrogens is 488 g/mol. The average molecular weight is 517 g/mol. The third kappa shape index (κ3) is 4.57. The number of piperazine rings is 1. The van der Waals surface area contributed by atoms with Gasteiger partial charge in [0.1, 0.15) is 23.4 Å². The molecule has 5 heterocycles. The highest BCUT2D eigenvalue weighted by Crippen LogP contribution is 2.32. The molecule has 1 aliphatic rings. The second-order valence-corrected chi connectivity index (χ2v) is 9.90. The predicted molar refractivity (Wildman–Crippen MR) is 153 cm³/mol. The molecule has 1 fully saturated rings. The normalized spacial score (nSPS) is 14.3. The zero-order valence-electron chi connectivity index (χ0n) is 21.6. The fourth-order valence-corrected chi connectivity index (χ4v) is 5.04. The molecule has 0 radical (unpaired) electrons. The Morgan fingerprint density at radius 3 is 2.59 bits per heavy atom. The molecule has 2 N–H and O–H groups in total. The van der Waals surface area contributed by atoms with Crippen LogP contribution >= 0.6 is 0 Å². The molecule has 0 unspecified atom stereocenters. The lowest BCUT2D eigenvalue weighted by Gasteiger charge is -2.34. The number of hydrogen-bond donors (Lipinski definition) is 2. The number of nitrogens with zero attached hydrogens (tertiary/aromatic N) is 6.